The van der Waals surface area contributed by atoms with E-state index in [0.717, 1.165) is 29.8 Å². The number of aryl methyl sites for hydroxylation is 1. The lowest BCUT2D eigenvalue weighted by molar-refractivity contribution is -0.121. The summed E-state index contributed by atoms with van der Waals surface area (Å²) in [7, 11) is 0. The van der Waals surface area contributed by atoms with Crippen LogP contribution in [-0.4, -0.2) is 11.2 Å². The third-order valence-electron chi connectivity index (χ3n) is 4.31. The second-order valence-electron chi connectivity index (χ2n) is 6.10. The summed E-state index contributed by atoms with van der Waals surface area (Å²) in [5.41, 5.74) is 9.10. The molecule has 0 saturated heterocycles. The Hall–Kier alpha value is -1.36. The lowest BCUT2D eigenvalue weighted by Gasteiger charge is -2.27. The van der Waals surface area contributed by atoms with E-state index in [1.807, 2.05) is 49.4 Å². The van der Waals surface area contributed by atoms with E-state index in [0.29, 0.717) is 5.02 Å². The Labute approximate surface area is 164 Å². The van der Waals surface area contributed by atoms with Gasteiger partial charge in [0.05, 0.1) is 16.3 Å². The van der Waals surface area contributed by atoms with Crippen molar-refractivity contribution in [3.05, 3.63) is 58.6 Å². The molecule has 3 rings (SSSR count). The first-order valence-corrected chi connectivity index (χ1v) is 9.40. The smallest absolute Gasteiger partial charge is 0.233 e. The molecule has 0 saturated carbocycles. The van der Waals surface area contributed by atoms with Gasteiger partial charge in [0.2, 0.25) is 5.91 Å². The van der Waals surface area contributed by atoms with Crippen LogP contribution in [0.3, 0.4) is 0 Å². The zero-order valence-corrected chi connectivity index (χ0v) is 16.4. The number of amides is 1. The van der Waals surface area contributed by atoms with Gasteiger partial charge in [-0.3, -0.25) is 4.79 Å². The molecule has 1 aliphatic rings. The van der Waals surface area contributed by atoms with Gasteiger partial charge in [0, 0.05) is 10.6 Å². The van der Waals surface area contributed by atoms with Gasteiger partial charge < -0.3 is 11.1 Å². The molecule has 3 N–H and O–H groups in total. The van der Waals surface area contributed by atoms with Gasteiger partial charge in [0.25, 0.3) is 0 Å². The standard InChI is InChI=1S/C19H21ClN2OS.ClH/c1-12(24-18-8-3-2-6-16(18)20)19(23)22-17-7-4-5-13-11-14(21)9-10-15(13)17;/h2-3,6,8-12,17H,4-5,7,21H2,1H3,(H,22,23);1H. The second kappa shape index (κ2) is 8.84. The van der Waals surface area contributed by atoms with Crippen LogP contribution in [0.15, 0.2) is 47.4 Å². The van der Waals surface area contributed by atoms with Crippen molar-refractivity contribution in [2.24, 2.45) is 0 Å². The minimum Gasteiger partial charge on any atom is -0.399 e. The zero-order valence-electron chi connectivity index (χ0n) is 14.0. The van der Waals surface area contributed by atoms with Crippen LogP contribution < -0.4 is 11.1 Å². The van der Waals surface area contributed by atoms with Gasteiger partial charge in [-0.2, -0.15) is 0 Å². The summed E-state index contributed by atoms with van der Waals surface area (Å²) in [4.78, 5) is 13.5. The predicted molar refractivity (Wildman–Crippen MR) is 109 cm³/mol. The average molecular weight is 397 g/mol. The molecule has 6 heteroatoms. The maximum atomic E-state index is 12.6. The minimum atomic E-state index is -0.205. The number of carbonyl (C=O) groups excluding carboxylic acids is 1. The monoisotopic (exact) mass is 396 g/mol. The summed E-state index contributed by atoms with van der Waals surface area (Å²) in [6, 6.07) is 13.6. The molecule has 0 aromatic heterocycles. The number of hydrogen-bond donors (Lipinski definition) is 2. The van der Waals surface area contributed by atoms with Crippen LogP contribution in [-0.2, 0) is 11.2 Å². The SMILES string of the molecule is CC(Sc1ccccc1Cl)C(=O)NC1CCCc2cc(N)ccc21.Cl. The molecular formula is C19H22Cl2N2OS. The number of hydrogen-bond acceptors (Lipinski definition) is 3. The van der Waals surface area contributed by atoms with E-state index in [1.165, 1.54) is 22.9 Å². The van der Waals surface area contributed by atoms with Gasteiger partial charge >= 0.3 is 0 Å². The van der Waals surface area contributed by atoms with Gasteiger partial charge in [-0.15, -0.1) is 24.2 Å². The zero-order chi connectivity index (χ0) is 17.1. The number of nitrogen functional groups attached to an aromatic ring is 1. The first kappa shape index (κ1) is 20.0. The topological polar surface area (TPSA) is 55.1 Å². The molecule has 0 radical (unpaired) electrons. The van der Waals surface area contributed by atoms with Crippen LogP contribution in [0.2, 0.25) is 5.02 Å². The second-order valence-corrected chi connectivity index (χ2v) is 7.89. The Morgan fingerprint density at radius 1 is 1.32 bits per heavy atom. The van der Waals surface area contributed by atoms with Crippen molar-refractivity contribution in [2.75, 3.05) is 5.73 Å². The summed E-state index contributed by atoms with van der Waals surface area (Å²) in [6.45, 7) is 1.91. The van der Waals surface area contributed by atoms with Crippen molar-refractivity contribution in [1.82, 2.24) is 5.32 Å². The maximum Gasteiger partial charge on any atom is 0.233 e. The van der Waals surface area contributed by atoms with Gasteiger partial charge in [-0.05, 0) is 61.6 Å². The largest absolute Gasteiger partial charge is 0.399 e. The molecule has 25 heavy (non-hydrogen) atoms. The fraction of sp³-hybridized carbons (Fsp3) is 0.316. The highest BCUT2D eigenvalue weighted by molar-refractivity contribution is 8.00. The van der Waals surface area contributed by atoms with Crippen LogP contribution in [0.4, 0.5) is 5.69 Å². The number of nitrogens with one attached hydrogen (secondary N) is 1. The van der Waals surface area contributed by atoms with Gasteiger partial charge in [0.1, 0.15) is 0 Å². The van der Waals surface area contributed by atoms with Gasteiger partial charge in [-0.25, -0.2) is 0 Å². The number of anilines is 1. The van der Waals surface area contributed by atoms with Crippen molar-refractivity contribution < 1.29 is 4.79 Å². The Balaban J connectivity index is 0.00000225. The number of thioether (sulfide) groups is 1. The highest BCUT2D eigenvalue weighted by Crippen LogP contribution is 2.33. The van der Waals surface area contributed by atoms with E-state index in [-0.39, 0.29) is 29.6 Å². The molecule has 0 aliphatic heterocycles. The molecule has 2 aromatic carbocycles. The molecule has 1 amide bonds. The molecule has 0 heterocycles. The Morgan fingerprint density at radius 2 is 2.08 bits per heavy atom. The van der Waals surface area contributed by atoms with Crippen LogP contribution in [0.5, 0.6) is 0 Å². The number of benzene rings is 2. The molecule has 134 valence electrons. The summed E-state index contributed by atoms with van der Waals surface area (Å²) < 4.78 is 0. The van der Waals surface area contributed by atoms with Crippen LogP contribution in [0, 0.1) is 0 Å². The molecule has 1 aliphatic carbocycles. The highest BCUT2D eigenvalue weighted by atomic mass is 35.5. The van der Waals surface area contributed by atoms with Gasteiger partial charge in [0.15, 0.2) is 0 Å². The number of carbonyl (C=O) groups is 1. The summed E-state index contributed by atoms with van der Waals surface area (Å²) in [5, 5.41) is 3.67. The molecule has 0 spiro atoms. The van der Waals surface area contributed by atoms with Crippen molar-refractivity contribution >= 4 is 47.4 Å². The van der Waals surface area contributed by atoms with Crippen LogP contribution in [0.25, 0.3) is 0 Å². The number of rotatable bonds is 4. The predicted octanol–water partition coefficient (Wildman–Crippen LogP) is 5.02. The van der Waals surface area contributed by atoms with E-state index >= 15 is 0 Å². The van der Waals surface area contributed by atoms with Gasteiger partial charge in [-0.1, -0.05) is 29.8 Å². The molecule has 2 atom stereocenters. The first-order valence-electron chi connectivity index (χ1n) is 8.14. The van der Waals surface area contributed by atoms with E-state index < -0.39 is 0 Å². The van der Waals surface area contributed by atoms with E-state index in [9.17, 15) is 4.79 Å². The normalized spacial score (nSPS) is 17.1. The fourth-order valence-electron chi connectivity index (χ4n) is 3.06. The Morgan fingerprint density at radius 3 is 2.84 bits per heavy atom. The van der Waals surface area contributed by atoms with E-state index in [1.54, 1.807) is 0 Å². The number of halogens is 2. The molecule has 2 aromatic rings. The van der Waals surface area contributed by atoms with Crippen molar-refractivity contribution in [2.45, 2.75) is 42.4 Å². The quantitative estimate of drug-likeness (QED) is 0.563. The lowest BCUT2D eigenvalue weighted by atomic mass is 9.87. The van der Waals surface area contributed by atoms with Crippen LogP contribution in [0.1, 0.15) is 36.9 Å². The molecule has 0 bridgehead atoms. The summed E-state index contributed by atoms with van der Waals surface area (Å²) in [5.74, 6) is 0.0367. The van der Waals surface area contributed by atoms with Crippen molar-refractivity contribution in [3.8, 4) is 0 Å². The average Bonchev–Trinajstić information content (AvgIpc) is 2.56. The first-order chi connectivity index (χ1) is 11.5. The number of fused-ring (bicyclic) bond motifs is 1. The molecule has 3 nitrogen and oxygen atoms in total. The highest BCUT2D eigenvalue weighted by Gasteiger charge is 2.24. The maximum absolute atomic E-state index is 12.6. The lowest BCUT2D eigenvalue weighted by Crippen LogP contribution is -2.35. The van der Waals surface area contributed by atoms with E-state index in [4.69, 9.17) is 17.3 Å². The third kappa shape index (κ3) is 4.84. The fourth-order valence-corrected chi connectivity index (χ4v) is 4.22. The molecule has 0 fully saturated rings. The minimum absolute atomic E-state index is 0. The summed E-state index contributed by atoms with van der Waals surface area (Å²) >= 11 is 7.67. The third-order valence-corrected chi connectivity index (χ3v) is 5.93. The molecule has 2 unspecified atom stereocenters. The van der Waals surface area contributed by atoms with Crippen molar-refractivity contribution in [3.63, 3.8) is 0 Å². The molecular weight excluding hydrogens is 375 g/mol. The summed E-state index contributed by atoms with van der Waals surface area (Å²) in [6.07, 6.45) is 3.05. The van der Waals surface area contributed by atoms with Crippen molar-refractivity contribution in [1.29, 1.82) is 0 Å². The van der Waals surface area contributed by atoms with E-state index in [2.05, 4.69) is 5.32 Å². The number of nitrogens with two attached hydrogens (primary N) is 1. The Kier molecular flexibility index (Phi) is 7.05. The van der Waals surface area contributed by atoms with Crippen LogP contribution >= 0.6 is 35.8 Å². The Bertz CT molecular complexity index is 754.